The Morgan fingerprint density at radius 1 is 0.810 bits per heavy atom. The minimum atomic E-state index is -4.74. The molecule has 1 N–H and O–H groups in total. The van der Waals surface area contributed by atoms with Crippen molar-refractivity contribution in [3.05, 3.63) is 60.2 Å². The molecule has 3 rings (SSSR count). The van der Waals surface area contributed by atoms with Gasteiger partial charge in [-0.3, -0.25) is 0 Å². The predicted octanol–water partition coefficient (Wildman–Crippen LogP) is 4.76. The summed E-state index contributed by atoms with van der Waals surface area (Å²) in [6, 6.07) is 15.5. The highest BCUT2D eigenvalue weighted by Crippen LogP contribution is 2.43. The molecule has 3 aromatic rings. The summed E-state index contributed by atoms with van der Waals surface area (Å²) < 4.78 is 39.6. The van der Waals surface area contributed by atoms with Gasteiger partial charge in [0.15, 0.2) is 5.60 Å². The minimum Gasteiger partial charge on any atom is -0.376 e. The lowest BCUT2D eigenvalue weighted by Crippen LogP contribution is -2.39. The first-order chi connectivity index (χ1) is 9.82. The van der Waals surface area contributed by atoms with Crippen molar-refractivity contribution in [1.82, 2.24) is 0 Å². The maximum atomic E-state index is 13.2. The van der Waals surface area contributed by atoms with Gasteiger partial charge in [-0.25, -0.2) is 0 Å². The van der Waals surface area contributed by atoms with Crippen LogP contribution in [0.4, 0.5) is 13.2 Å². The lowest BCUT2D eigenvalue weighted by atomic mass is 9.87. The molecule has 0 saturated carbocycles. The molecule has 0 amide bonds. The Balaban J connectivity index is 2.47. The van der Waals surface area contributed by atoms with Crippen molar-refractivity contribution < 1.29 is 18.3 Å². The Morgan fingerprint density at radius 3 is 1.95 bits per heavy atom. The monoisotopic (exact) mass is 290 g/mol. The quantitative estimate of drug-likeness (QED) is 0.640. The zero-order valence-corrected chi connectivity index (χ0v) is 11.3. The van der Waals surface area contributed by atoms with E-state index < -0.39 is 11.8 Å². The van der Waals surface area contributed by atoms with E-state index in [2.05, 4.69) is 0 Å². The molecular weight excluding hydrogens is 277 g/mol. The topological polar surface area (TPSA) is 20.2 Å². The Labute approximate surface area is 119 Å². The third-order valence-electron chi connectivity index (χ3n) is 3.84. The van der Waals surface area contributed by atoms with Crippen molar-refractivity contribution in [3.8, 4) is 0 Å². The third kappa shape index (κ3) is 2.07. The van der Waals surface area contributed by atoms with Crippen LogP contribution in [0, 0.1) is 0 Å². The van der Waals surface area contributed by atoms with E-state index in [9.17, 15) is 18.3 Å². The molecule has 4 heteroatoms. The average Bonchev–Trinajstić information content (AvgIpc) is 2.45. The molecule has 0 aliphatic carbocycles. The van der Waals surface area contributed by atoms with Crippen LogP contribution < -0.4 is 0 Å². The molecule has 0 saturated heterocycles. The van der Waals surface area contributed by atoms with Gasteiger partial charge in [-0.15, -0.1) is 0 Å². The van der Waals surface area contributed by atoms with Crippen LogP contribution in [0.2, 0.25) is 0 Å². The molecule has 0 aromatic heterocycles. The molecule has 0 bridgehead atoms. The zero-order chi connectivity index (χ0) is 15.3. The summed E-state index contributed by atoms with van der Waals surface area (Å²) in [5, 5.41) is 12.7. The number of rotatable bonds is 1. The van der Waals surface area contributed by atoms with Crippen LogP contribution in [-0.2, 0) is 5.60 Å². The zero-order valence-electron chi connectivity index (χ0n) is 11.3. The normalized spacial score (nSPS) is 15.3. The molecule has 1 atom stereocenters. The van der Waals surface area contributed by atoms with E-state index in [0.717, 1.165) is 12.3 Å². The van der Waals surface area contributed by atoms with Crippen LogP contribution in [0.1, 0.15) is 12.5 Å². The molecule has 0 aliphatic rings. The van der Waals surface area contributed by atoms with Gasteiger partial charge in [0, 0.05) is 5.56 Å². The highest BCUT2D eigenvalue weighted by atomic mass is 19.4. The van der Waals surface area contributed by atoms with Crippen LogP contribution in [0.3, 0.4) is 0 Å². The summed E-state index contributed by atoms with van der Waals surface area (Å²) in [4.78, 5) is 0. The fraction of sp³-hybridized carbons (Fsp3) is 0.176. The second-order valence-corrected chi connectivity index (χ2v) is 5.26. The van der Waals surface area contributed by atoms with Crippen LogP contribution in [0.15, 0.2) is 54.6 Å². The minimum absolute atomic E-state index is 0.121. The number of halogens is 3. The second kappa shape index (κ2) is 4.46. The standard InChI is InChI=1S/C17H13F3O/c1-16(21,17(18,19)20)15-10-11-6-2-3-7-12(11)13-8-4-5-9-14(13)15/h2-10,21H,1H3. The first kappa shape index (κ1) is 13.9. The maximum absolute atomic E-state index is 13.2. The second-order valence-electron chi connectivity index (χ2n) is 5.26. The Bertz CT molecular complexity index is 819. The van der Waals surface area contributed by atoms with Gasteiger partial charge in [0.2, 0.25) is 0 Å². The third-order valence-corrected chi connectivity index (χ3v) is 3.84. The van der Waals surface area contributed by atoms with E-state index >= 15 is 0 Å². The smallest absolute Gasteiger partial charge is 0.376 e. The van der Waals surface area contributed by atoms with Gasteiger partial charge in [-0.1, -0.05) is 48.5 Å². The van der Waals surface area contributed by atoms with Gasteiger partial charge in [0.05, 0.1) is 0 Å². The van der Waals surface area contributed by atoms with Crippen LogP contribution in [0.5, 0.6) is 0 Å². The lowest BCUT2D eigenvalue weighted by Gasteiger charge is -2.28. The molecular formula is C17H13F3O. The molecule has 0 aliphatic heterocycles. The van der Waals surface area contributed by atoms with Gasteiger partial charge in [0.25, 0.3) is 0 Å². The van der Waals surface area contributed by atoms with Crippen LogP contribution >= 0.6 is 0 Å². The van der Waals surface area contributed by atoms with E-state index in [1.165, 1.54) is 6.07 Å². The van der Waals surface area contributed by atoms with E-state index in [1.807, 2.05) is 12.1 Å². The molecule has 1 nitrogen and oxygen atoms in total. The summed E-state index contributed by atoms with van der Waals surface area (Å²) >= 11 is 0. The van der Waals surface area contributed by atoms with Crippen molar-refractivity contribution in [2.45, 2.75) is 18.7 Å². The lowest BCUT2D eigenvalue weighted by molar-refractivity contribution is -0.258. The van der Waals surface area contributed by atoms with Crippen molar-refractivity contribution >= 4 is 21.5 Å². The Hall–Kier alpha value is -2.07. The SMILES string of the molecule is CC(O)(c1cc2ccccc2c2ccccc12)C(F)(F)F. The average molecular weight is 290 g/mol. The van der Waals surface area contributed by atoms with Gasteiger partial charge >= 0.3 is 6.18 Å². The number of alkyl halides is 3. The maximum Gasteiger partial charge on any atom is 0.421 e. The number of fused-ring (bicyclic) bond motifs is 3. The van der Waals surface area contributed by atoms with Crippen molar-refractivity contribution in [2.75, 3.05) is 0 Å². The molecule has 21 heavy (non-hydrogen) atoms. The van der Waals surface area contributed by atoms with E-state index in [0.29, 0.717) is 16.2 Å². The molecule has 0 spiro atoms. The van der Waals surface area contributed by atoms with Crippen molar-refractivity contribution in [3.63, 3.8) is 0 Å². The van der Waals surface area contributed by atoms with Crippen LogP contribution in [-0.4, -0.2) is 11.3 Å². The van der Waals surface area contributed by atoms with Crippen molar-refractivity contribution in [1.29, 1.82) is 0 Å². The summed E-state index contributed by atoms with van der Waals surface area (Å²) in [7, 11) is 0. The first-order valence-electron chi connectivity index (χ1n) is 6.52. The summed E-state index contributed by atoms with van der Waals surface area (Å²) in [5.74, 6) is 0. The molecule has 108 valence electrons. The molecule has 0 heterocycles. The highest BCUT2D eigenvalue weighted by molar-refractivity contribution is 6.09. The summed E-state index contributed by atoms with van der Waals surface area (Å²) in [6.45, 7) is 0.795. The van der Waals surface area contributed by atoms with Gasteiger partial charge in [-0.05, 0) is 34.5 Å². The van der Waals surface area contributed by atoms with Gasteiger partial charge in [0.1, 0.15) is 0 Å². The van der Waals surface area contributed by atoms with Gasteiger partial charge in [-0.2, -0.15) is 13.2 Å². The number of aliphatic hydroxyl groups is 1. The van der Waals surface area contributed by atoms with E-state index in [4.69, 9.17) is 0 Å². The largest absolute Gasteiger partial charge is 0.421 e. The number of benzene rings is 3. The molecule has 1 unspecified atom stereocenters. The van der Waals surface area contributed by atoms with Crippen molar-refractivity contribution in [2.24, 2.45) is 0 Å². The summed E-state index contributed by atoms with van der Waals surface area (Å²) in [5.41, 5.74) is -3.01. The molecule has 3 aromatic carbocycles. The number of hydrogen-bond acceptors (Lipinski definition) is 1. The highest BCUT2D eigenvalue weighted by Gasteiger charge is 2.51. The molecule has 0 radical (unpaired) electrons. The fourth-order valence-electron chi connectivity index (χ4n) is 2.61. The fourth-order valence-corrected chi connectivity index (χ4v) is 2.61. The number of hydrogen-bond donors (Lipinski definition) is 1. The summed E-state index contributed by atoms with van der Waals surface area (Å²) in [6.07, 6.45) is -4.74. The molecule has 0 fully saturated rings. The van der Waals surface area contributed by atoms with Crippen LogP contribution in [0.25, 0.3) is 21.5 Å². The Morgan fingerprint density at radius 2 is 1.33 bits per heavy atom. The predicted molar refractivity (Wildman–Crippen MR) is 77.1 cm³/mol. The first-order valence-corrected chi connectivity index (χ1v) is 6.52. The van der Waals surface area contributed by atoms with E-state index in [1.54, 1.807) is 36.4 Å². The van der Waals surface area contributed by atoms with E-state index in [-0.39, 0.29) is 5.56 Å². The van der Waals surface area contributed by atoms with Gasteiger partial charge < -0.3 is 5.11 Å². The Kier molecular flexibility index (Phi) is 2.95.